The number of carbonyl (C=O) groups is 1. The molecule has 0 aliphatic heterocycles. The highest BCUT2D eigenvalue weighted by Crippen LogP contribution is 2.46. The summed E-state index contributed by atoms with van der Waals surface area (Å²) >= 11 is 0. The monoisotopic (exact) mass is 412 g/mol. The van der Waals surface area contributed by atoms with Crippen molar-refractivity contribution in [2.24, 2.45) is 0 Å². The van der Waals surface area contributed by atoms with Crippen molar-refractivity contribution in [3.8, 4) is 0 Å². The van der Waals surface area contributed by atoms with Crippen molar-refractivity contribution in [1.29, 1.82) is 0 Å². The van der Waals surface area contributed by atoms with Crippen LogP contribution in [0.2, 0.25) is 0 Å². The Balaban J connectivity index is 2.01. The van der Waals surface area contributed by atoms with Crippen LogP contribution in [0.1, 0.15) is 11.1 Å². The van der Waals surface area contributed by atoms with Crippen molar-refractivity contribution in [3.63, 3.8) is 0 Å². The van der Waals surface area contributed by atoms with Crippen molar-refractivity contribution in [3.05, 3.63) is 65.4 Å². The Morgan fingerprint density at radius 2 is 1.29 bits per heavy atom. The van der Waals surface area contributed by atoms with Crippen LogP contribution in [-0.2, 0) is 17.6 Å². The van der Waals surface area contributed by atoms with Gasteiger partial charge in [0.25, 0.3) is 0 Å². The standard InChI is InChI=1S/C16H12F7N3O2/c17-14(18,15(19,20)16(21,22)23)13(27)24-25-7-3-11(4-8-25)1-2-12-5-9-26(28)10-6-12/h3-10H,1-2H2/p+1. The molecule has 0 saturated heterocycles. The number of aryl methyl sites for hydroxylation is 2. The van der Waals surface area contributed by atoms with Crippen LogP contribution in [0.5, 0.6) is 0 Å². The van der Waals surface area contributed by atoms with Gasteiger partial charge in [-0.25, -0.2) is 0 Å². The molecule has 2 aromatic rings. The van der Waals surface area contributed by atoms with E-state index in [9.17, 15) is 40.7 Å². The topological polar surface area (TPSA) is 59.9 Å². The molecule has 0 aliphatic carbocycles. The zero-order chi connectivity index (χ0) is 21.2. The third kappa shape index (κ3) is 4.49. The molecular formula is C16H13F7N3O2+. The fraction of sp³-hybridized carbons (Fsp3) is 0.312. The Morgan fingerprint density at radius 3 is 1.71 bits per heavy atom. The predicted molar refractivity (Wildman–Crippen MR) is 79.8 cm³/mol. The lowest BCUT2D eigenvalue weighted by Crippen LogP contribution is -2.62. The van der Waals surface area contributed by atoms with Crippen LogP contribution in [0, 0.1) is 5.21 Å². The summed E-state index contributed by atoms with van der Waals surface area (Å²) in [6.07, 6.45) is -0.961. The van der Waals surface area contributed by atoms with Crippen molar-refractivity contribution in [2.45, 2.75) is 30.9 Å². The molecule has 2 heterocycles. The molecular weight excluding hydrogens is 399 g/mol. The highest BCUT2D eigenvalue weighted by atomic mass is 19.4. The van der Waals surface area contributed by atoms with Gasteiger partial charge in [-0.2, -0.15) is 35.5 Å². The average molecular weight is 412 g/mol. The SMILES string of the molecule is O=C(N[n+]1ccc(CCc2cc[n+]([O-])cc2)cc1)C(F)(F)C(F)(F)C(F)(F)F. The first kappa shape index (κ1) is 21.4. The van der Waals surface area contributed by atoms with Crippen LogP contribution in [-0.4, -0.2) is 23.9 Å². The van der Waals surface area contributed by atoms with E-state index in [1.807, 2.05) is 0 Å². The molecule has 0 saturated carbocycles. The fourth-order valence-electron chi connectivity index (χ4n) is 2.11. The van der Waals surface area contributed by atoms with Gasteiger partial charge in [-0.1, -0.05) is 4.68 Å². The van der Waals surface area contributed by atoms with Gasteiger partial charge < -0.3 is 5.21 Å². The summed E-state index contributed by atoms with van der Waals surface area (Å²) in [5, 5.41) is 10.9. The Hall–Kier alpha value is -2.92. The molecule has 0 aliphatic rings. The number of nitrogens with one attached hydrogen (secondary N) is 1. The highest BCUT2D eigenvalue weighted by molar-refractivity contribution is 5.90. The lowest BCUT2D eigenvalue weighted by molar-refractivity contribution is -0.643. The quantitative estimate of drug-likeness (QED) is 0.450. The minimum atomic E-state index is -6.59. The second kappa shape index (κ2) is 7.60. The molecule has 0 atom stereocenters. The minimum absolute atomic E-state index is 0.458. The number of amides is 1. The number of hydrogen-bond acceptors (Lipinski definition) is 2. The molecule has 5 nitrogen and oxygen atoms in total. The number of pyridine rings is 2. The van der Waals surface area contributed by atoms with E-state index in [1.165, 1.54) is 30.0 Å². The van der Waals surface area contributed by atoms with Gasteiger partial charge >= 0.3 is 23.9 Å². The first-order valence-corrected chi connectivity index (χ1v) is 7.66. The summed E-state index contributed by atoms with van der Waals surface area (Å²) < 4.78 is 89.7. The smallest absolute Gasteiger partial charge is 0.460 e. The second-order valence-corrected chi connectivity index (χ2v) is 5.77. The largest absolute Gasteiger partial charge is 0.619 e. The number of hydrogen-bond donors (Lipinski definition) is 1. The lowest BCUT2D eigenvalue weighted by atomic mass is 10.1. The van der Waals surface area contributed by atoms with Crippen molar-refractivity contribution in [1.82, 2.24) is 0 Å². The van der Waals surface area contributed by atoms with Gasteiger partial charge in [0.1, 0.15) is 0 Å². The van der Waals surface area contributed by atoms with E-state index in [2.05, 4.69) is 0 Å². The number of rotatable bonds is 6. The molecule has 152 valence electrons. The Labute approximate surface area is 153 Å². The van der Waals surface area contributed by atoms with E-state index in [0.29, 0.717) is 27.8 Å². The van der Waals surface area contributed by atoms with Gasteiger partial charge in [-0.15, -0.1) is 5.43 Å². The Morgan fingerprint density at radius 1 is 0.857 bits per heavy atom. The van der Waals surface area contributed by atoms with E-state index >= 15 is 0 Å². The molecule has 2 rings (SSSR count). The molecule has 0 aromatic carbocycles. The van der Waals surface area contributed by atoms with Gasteiger partial charge in [-0.3, -0.25) is 4.79 Å². The summed E-state index contributed by atoms with van der Waals surface area (Å²) in [5.74, 6) is -15.3. The average Bonchev–Trinajstić information content (AvgIpc) is 2.61. The first-order valence-electron chi connectivity index (χ1n) is 7.66. The molecule has 2 aromatic heterocycles. The van der Waals surface area contributed by atoms with Crippen molar-refractivity contribution in [2.75, 3.05) is 5.43 Å². The maximum atomic E-state index is 13.3. The third-order valence-electron chi connectivity index (χ3n) is 3.74. The molecule has 0 radical (unpaired) electrons. The minimum Gasteiger partial charge on any atom is -0.619 e. The number of alkyl halides is 7. The number of carbonyl (C=O) groups excluding carboxylic acids is 1. The number of halogens is 7. The number of aromatic nitrogens is 2. The molecule has 0 fully saturated rings. The van der Waals surface area contributed by atoms with Crippen LogP contribution < -0.4 is 14.8 Å². The van der Waals surface area contributed by atoms with Crippen LogP contribution in [0.25, 0.3) is 0 Å². The number of nitrogens with zero attached hydrogens (tertiary/aromatic N) is 2. The second-order valence-electron chi connectivity index (χ2n) is 5.77. The normalized spacial score (nSPS) is 12.7. The van der Waals surface area contributed by atoms with Gasteiger partial charge in [0, 0.05) is 24.3 Å². The maximum Gasteiger partial charge on any atom is 0.460 e. The van der Waals surface area contributed by atoms with Crippen LogP contribution in [0.3, 0.4) is 0 Å². The maximum absolute atomic E-state index is 13.3. The molecule has 28 heavy (non-hydrogen) atoms. The summed E-state index contributed by atoms with van der Waals surface area (Å²) in [6.45, 7) is 0. The van der Waals surface area contributed by atoms with Gasteiger partial charge in [0.15, 0.2) is 24.8 Å². The van der Waals surface area contributed by atoms with E-state index in [0.717, 1.165) is 18.0 Å². The van der Waals surface area contributed by atoms with Crippen LogP contribution in [0.4, 0.5) is 30.7 Å². The molecule has 1 amide bonds. The van der Waals surface area contributed by atoms with Gasteiger partial charge in [0.2, 0.25) is 0 Å². The third-order valence-corrected chi connectivity index (χ3v) is 3.74. The van der Waals surface area contributed by atoms with Crippen LogP contribution >= 0.6 is 0 Å². The van der Waals surface area contributed by atoms with Crippen LogP contribution in [0.15, 0.2) is 49.1 Å². The molecule has 12 heteroatoms. The molecule has 0 unspecified atom stereocenters. The molecule has 0 spiro atoms. The summed E-state index contributed by atoms with van der Waals surface area (Å²) in [6, 6.07) is 5.91. The van der Waals surface area contributed by atoms with E-state index in [-0.39, 0.29) is 0 Å². The molecule has 1 N–H and O–H groups in total. The lowest BCUT2D eigenvalue weighted by Gasteiger charge is -2.25. The Bertz CT molecular complexity index is 822. The van der Waals surface area contributed by atoms with E-state index in [4.69, 9.17) is 0 Å². The van der Waals surface area contributed by atoms with E-state index < -0.39 is 23.9 Å². The van der Waals surface area contributed by atoms with E-state index in [1.54, 1.807) is 12.1 Å². The van der Waals surface area contributed by atoms with Gasteiger partial charge in [0.05, 0.1) is 0 Å². The summed E-state index contributed by atoms with van der Waals surface area (Å²) in [5.41, 5.74) is 2.78. The Kier molecular flexibility index (Phi) is 5.80. The van der Waals surface area contributed by atoms with Crippen molar-refractivity contribution >= 4 is 5.91 Å². The zero-order valence-corrected chi connectivity index (χ0v) is 13.9. The predicted octanol–water partition coefficient (Wildman–Crippen LogP) is 2.30. The molecule has 0 bridgehead atoms. The fourth-order valence-corrected chi connectivity index (χ4v) is 2.11. The highest BCUT2D eigenvalue weighted by Gasteiger charge is 2.77. The van der Waals surface area contributed by atoms with Crippen molar-refractivity contribution < 1.29 is 44.9 Å². The zero-order valence-electron chi connectivity index (χ0n) is 13.9. The van der Waals surface area contributed by atoms with Gasteiger partial charge in [-0.05, 0) is 24.0 Å². The summed E-state index contributed by atoms with van der Waals surface area (Å²) in [7, 11) is 0. The summed E-state index contributed by atoms with van der Waals surface area (Å²) in [4.78, 5) is 11.3. The first-order chi connectivity index (χ1) is 12.8.